The minimum absolute atomic E-state index is 0. The number of nitrogens with one attached hydrogen (secondary N) is 1. The number of halogens is 1. The van der Waals surface area contributed by atoms with Crippen molar-refractivity contribution in [2.24, 2.45) is 5.73 Å². The minimum atomic E-state index is -0.513. The molecule has 24 heavy (non-hydrogen) atoms. The van der Waals surface area contributed by atoms with Gasteiger partial charge in [-0.05, 0) is 17.7 Å². The molecule has 0 aliphatic carbocycles. The maximum Gasteiger partial charge on any atom is 0.255 e. The van der Waals surface area contributed by atoms with E-state index in [1.165, 1.54) is 0 Å². The van der Waals surface area contributed by atoms with Gasteiger partial charge in [0.1, 0.15) is 0 Å². The largest absolute Gasteiger partial charge is 0.493 e. The van der Waals surface area contributed by atoms with Crippen molar-refractivity contribution in [3.8, 4) is 11.5 Å². The molecule has 1 fully saturated rings. The predicted molar refractivity (Wildman–Crippen MR) is 93.9 cm³/mol. The fourth-order valence-electron chi connectivity index (χ4n) is 2.38. The topological polar surface area (TPSA) is 86.1 Å². The van der Waals surface area contributed by atoms with Crippen LogP contribution in [0.4, 0.5) is 0 Å². The number of hydrogen-bond donors (Lipinski definition) is 2. The molecule has 1 heterocycles. The van der Waals surface area contributed by atoms with Crippen molar-refractivity contribution in [3.05, 3.63) is 23.8 Å². The summed E-state index contributed by atoms with van der Waals surface area (Å²) in [5.41, 5.74) is 6.17. The Balaban J connectivity index is 0.00000288. The normalized spacial score (nSPS) is 14.7. The van der Waals surface area contributed by atoms with E-state index in [2.05, 4.69) is 10.2 Å². The van der Waals surface area contributed by atoms with Crippen LogP contribution < -0.4 is 20.5 Å². The Hall–Kier alpha value is -1.54. The highest BCUT2D eigenvalue weighted by atomic mass is 35.5. The molecular weight excluding hydrogens is 334 g/mol. The van der Waals surface area contributed by atoms with Gasteiger partial charge in [-0.25, -0.2) is 0 Å². The lowest BCUT2D eigenvalue weighted by atomic mass is 10.2. The molecule has 0 unspecified atom stereocenters. The molecule has 1 aliphatic heterocycles. The van der Waals surface area contributed by atoms with Gasteiger partial charge < -0.3 is 25.3 Å². The number of amides is 1. The van der Waals surface area contributed by atoms with E-state index in [9.17, 15) is 4.79 Å². The van der Waals surface area contributed by atoms with Crippen LogP contribution in [0.25, 0.3) is 0 Å². The lowest BCUT2D eigenvalue weighted by molar-refractivity contribution is -0.119. The summed E-state index contributed by atoms with van der Waals surface area (Å²) >= 11 is 0. The molecule has 1 aromatic rings. The highest BCUT2D eigenvalue weighted by Crippen LogP contribution is 2.27. The van der Waals surface area contributed by atoms with Gasteiger partial charge in [0.25, 0.3) is 5.91 Å². The monoisotopic (exact) mass is 359 g/mol. The number of ether oxygens (including phenoxy) is 3. The molecular formula is C16H26ClN3O4. The standard InChI is InChI=1S/C16H25N3O4.ClH/c1-21-15-10-13(2-3-14(15)23-12-16(17)20)11-18-4-5-19-6-8-22-9-7-19;/h2-3,10,18H,4-9,11-12H2,1H3,(H2,17,20);1H. The van der Waals surface area contributed by atoms with Crippen molar-refractivity contribution >= 4 is 18.3 Å². The van der Waals surface area contributed by atoms with Crippen molar-refractivity contribution in [2.75, 3.05) is 53.1 Å². The van der Waals surface area contributed by atoms with Gasteiger partial charge >= 0.3 is 0 Å². The Morgan fingerprint density at radius 2 is 2.08 bits per heavy atom. The van der Waals surface area contributed by atoms with E-state index in [4.69, 9.17) is 19.9 Å². The number of morpholine rings is 1. The van der Waals surface area contributed by atoms with Gasteiger partial charge in [-0.15, -0.1) is 12.4 Å². The Bertz CT molecular complexity index is 510. The Labute approximate surface area is 148 Å². The average Bonchev–Trinajstić information content (AvgIpc) is 2.58. The van der Waals surface area contributed by atoms with Crippen LogP contribution in [0.1, 0.15) is 5.56 Å². The van der Waals surface area contributed by atoms with Crippen molar-refractivity contribution < 1.29 is 19.0 Å². The number of carbonyl (C=O) groups excluding carboxylic acids is 1. The van der Waals surface area contributed by atoms with Gasteiger partial charge in [0.15, 0.2) is 18.1 Å². The van der Waals surface area contributed by atoms with E-state index in [0.717, 1.165) is 51.5 Å². The first-order chi connectivity index (χ1) is 11.2. The zero-order chi connectivity index (χ0) is 16.5. The summed E-state index contributed by atoms with van der Waals surface area (Å²) < 4.78 is 15.9. The number of carbonyl (C=O) groups is 1. The third-order valence-corrected chi connectivity index (χ3v) is 3.64. The maximum absolute atomic E-state index is 10.8. The molecule has 1 amide bonds. The van der Waals surface area contributed by atoms with Gasteiger partial charge in [0.05, 0.1) is 20.3 Å². The second-order valence-electron chi connectivity index (χ2n) is 5.37. The highest BCUT2D eigenvalue weighted by molar-refractivity contribution is 5.85. The molecule has 1 aromatic carbocycles. The molecule has 7 nitrogen and oxygen atoms in total. The van der Waals surface area contributed by atoms with Gasteiger partial charge in [-0.1, -0.05) is 6.07 Å². The van der Waals surface area contributed by atoms with Gasteiger partial charge in [-0.2, -0.15) is 0 Å². The molecule has 0 radical (unpaired) electrons. The summed E-state index contributed by atoms with van der Waals surface area (Å²) in [4.78, 5) is 13.2. The summed E-state index contributed by atoms with van der Waals surface area (Å²) in [5.74, 6) is 0.600. The molecule has 136 valence electrons. The molecule has 3 N–H and O–H groups in total. The molecule has 0 saturated carbocycles. The van der Waals surface area contributed by atoms with Gasteiger partial charge in [-0.3, -0.25) is 9.69 Å². The summed E-state index contributed by atoms with van der Waals surface area (Å²) in [6.45, 7) is 6.17. The van der Waals surface area contributed by atoms with Gasteiger partial charge in [0, 0.05) is 32.7 Å². The number of nitrogens with zero attached hydrogens (tertiary/aromatic N) is 1. The smallest absolute Gasteiger partial charge is 0.255 e. The molecule has 0 bridgehead atoms. The zero-order valence-corrected chi connectivity index (χ0v) is 14.8. The van der Waals surface area contributed by atoms with Crippen molar-refractivity contribution in [2.45, 2.75) is 6.54 Å². The Kier molecular flexibility index (Phi) is 9.48. The van der Waals surface area contributed by atoms with E-state index in [1.54, 1.807) is 13.2 Å². The van der Waals surface area contributed by atoms with Crippen LogP contribution in [0, 0.1) is 0 Å². The van der Waals surface area contributed by atoms with Crippen molar-refractivity contribution in [3.63, 3.8) is 0 Å². The van der Waals surface area contributed by atoms with Crippen LogP contribution in [-0.4, -0.2) is 63.9 Å². The maximum atomic E-state index is 10.8. The second-order valence-corrected chi connectivity index (χ2v) is 5.37. The molecule has 0 aromatic heterocycles. The summed E-state index contributed by atoms with van der Waals surface area (Å²) in [7, 11) is 1.57. The van der Waals surface area contributed by atoms with E-state index >= 15 is 0 Å². The number of rotatable bonds is 9. The number of nitrogens with two attached hydrogens (primary N) is 1. The Morgan fingerprint density at radius 1 is 1.33 bits per heavy atom. The SMILES string of the molecule is COc1cc(CNCCN2CCOCC2)ccc1OCC(N)=O.Cl. The molecule has 0 atom stereocenters. The quantitative estimate of drug-likeness (QED) is 0.621. The first kappa shape index (κ1) is 20.5. The van der Waals surface area contributed by atoms with Crippen LogP contribution in [0.15, 0.2) is 18.2 Å². The minimum Gasteiger partial charge on any atom is -0.493 e. The number of methoxy groups -OCH3 is 1. The van der Waals surface area contributed by atoms with Crippen LogP contribution in [0.2, 0.25) is 0 Å². The molecule has 8 heteroatoms. The molecule has 2 rings (SSSR count). The van der Waals surface area contributed by atoms with Crippen molar-refractivity contribution in [1.82, 2.24) is 10.2 Å². The lowest BCUT2D eigenvalue weighted by Gasteiger charge is -2.26. The molecule has 0 spiro atoms. The van der Waals surface area contributed by atoms with Crippen LogP contribution in [-0.2, 0) is 16.1 Å². The first-order valence-corrected chi connectivity index (χ1v) is 7.78. The first-order valence-electron chi connectivity index (χ1n) is 7.78. The average molecular weight is 360 g/mol. The third-order valence-electron chi connectivity index (χ3n) is 3.64. The van der Waals surface area contributed by atoms with Crippen LogP contribution in [0.5, 0.6) is 11.5 Å². The highest BCUT2D eigenvalue weighted by Gasteiger charge is 2.10. The second kappa shape index (κ2) is 11.1. The molecule has 1 aliphatic rings. The van der Waals surface area contributed by atoms with Crippen molar-refractivity contribution in [1.29, 1.82) is 0 Å². The summed E-state index contributed by atoms with van der Waals surface area (Å²) in [6, 6.07) is 5.64. The van der Waals surface area contributed by atoms with Crippen LogP contribution in [0.3, 0.4) is 0 Å². The molecule has 1 saturated heterocycles. The zero-order valence-electron chi connectivity index (χ0n) is 14.0. The lowest BCUT2D eigenvalue weighted by Crippen LogP contribution is -2.40. The fourth-order valence-corrected chi connectivity index (χ4v) is 2.38. The third kappa shape index (κ3) is 6.92. The number of primary amides is 1. The number of hydrogen-bond acceptors (Lipinski definition) is 6. The summed E-state index contributed by atoms with van der Waals surface area (Å²) in [6.07, 6.45) is 0. The van der Waals surface area contributed by atoms with Gasteiger partial charge in [0.2, 0.25) is 0 Å². The van der Waals surface area contributed by atoms with Crippen LogP contribution >= 0.6 is 12.4 Å². The fraction of sp³-hybridized carbons (Fsp3) is 0.562. The predicted octanol–water partition coefficient (Wildman–Crippen LogP) is 0.403. The van der Waals surface area contributed by atoms with E-state index in [1.807, 2.05) is 12.1 Å². The van der Waals surface area contributed by atoms with E-state index in [0.29, 0.717) is 11.5 Å². The number of benzene rings is 1. The summed E-state index contributed by atoms with van der Waals surface area (Å²) in [5, 5.41) is 3.42. The Morgan fingerprint density at radius 3 is 2.75 bits per heavy atom. The van der Waals surface area contributed by atoms with E-state index in [-0.39, 0.29) is 19.0 Å². The van der Waals surface area contributed by atoms with E-state index < -0.39 is 5.91 Å².